The molecular weight excluding hydrogens is 348 g/mol. The maximum Gasteiger partial charge on any atom is 0.342 e. The third-order valence-corrected chi connectivity index (χ3v) is 3.78. The fourth-order valence-electron chi connectivity index (χ4n) is 2.69. The van der Waals surface area contributed by atoms with E-state index in [-0.39, 0.29) is 23.5 Å². The fourth-order valence-corrected chi connectivity index (χ4v) is 2.69. The molecule has 3 rings (SSSR count). The second-order valence-corrected chi connectivity index (χ2v) is 6.28. The van der Waals surface area contributed by atoms with Crippen molar-refractivity contribution in [2.24, 2.45) is 5.92 Å². The number of carbonyl (C=O) groups is 4. The van der Waals surface area contributed by atoms with E-state index in [4.69, 9.17) is 18.9 Å². The Balaban J connectivity index is 1.87. The lowest BCUT2D eigenvalue weighted by Gasteiger charge is -2.32. The van der Waals surface area contributed by atoms with Crippen molar-refractivity contribution >= 4 is 23.7 Å². The van der Waals surface area contributed by atoms with Crippen LogP contribution in [-0.2, 0) is 35.0 Å². The molecule has 0 spiro atoms. The van der Waals surface area contributed by atoms with Crippen LogP contribution in [0, 0.1) is 5.92 Å². The molecule has 2 heterocycles. The summed E-state index contributed by atoms with van der Waals surface area (Å²) >= 11 is 0. The van der Waals surface area contributed by atoms with Crippen molar-refractivity contribution in [2.45, 2.75) is 32.3 Å². The van der Waals surface area contributed by atoms with Gasteiger partial charge in [-0.15, -0.1) is 0 Å². The summed E-state index contributed by atoms with van der Waals surface area (Å²) in [6.07, 6.45) is -1.81. The van der Waals surface area contributed by atoms with Crippen molar-refractivity contribution in [3.63, 3.8) is 0 Å². The zero-order valence-electron chi connectivity index (χ0n) is 14.0. The van der Waals surface area contributed by atoms with Gasteiger partial charge in [-0.25, -0.2) is 4.79 Å². The van der Waals surface area contributed by atoms with Gasteiger partial charge in [0.15, 0.2) is 12.4 Å². The molecule has 26 heavy (non-hydrogen) atoms. The van der Waals surface area contributed by atoms with E-state index >= 15 is 0 Å². The fraction of sp³-hybridized carbons (Fsp3) is 0.412. The Morgan fingerprint density at radius 2 is 1.85 bits per heavy atom. The molecule has 1 fully saturated rings. The van der Waals surface area contributed by atoms with Gasteiger partial charge in [0, 0.05) is 25.8 Å². The molecule has 1 saturated heterocycles. The molecule has 1 atom stereocenters. The van der Waals surface area contributed by atoms with Gasteiger partial charge in [-0.2, -0.15) is 0 Å². The zero-order chi connectivity index (χ0) is 19.1. The Morgan fingerprint density at radius 1 is 1.19 bits per heavy atom. The van der Waals surface area contributed by atoms with Crippen LogP contribution in [0.15, 0.2) is 18.2 Å². The van der Waals surface area contributed by atoms with Gasteiger partial charge in [0.2, 0.25) is 12.2 Å². The SMILES string of the molecule is CC1(C)OC(=O)C(C(=O)Cc2cccc3c2OC(O)COC3=O)C(=O)O1. The number of ether oxygens (including phenoxy) is 4. The molecule has 138 valence electrons. The molecule has 2 aliphatic heterocycles. The molecule has 0 aromatic heterocycles. The highest BCUT2D eigenvalue weighted by Gasteiger charge is 2.47. The first-order chi connectivity index (χ1) is 12.2. The first-order valence-corrected chi connectivity index (χ1v) is 7.80. The van der Waals surface area contributed by atoms with Crippen molar-refractivity contribution in [3.05, 3.63) is 29.3 Å². The highest BCUT2D eigenvalue weighted by Crippen LogP contribution is 2.30. The molecule has 2 aliphatic rings. The van der Waals surface area contributed by atoms with E-state index in [1.165, 1.54) is 32.0 Å². The average Bonchev–Trinajstić information content (AvgIpc) is 2.65. The van der Waals surface area contributed by atoms with Gasteiger partial charge < -0.3 is 24.1 Å². The quantitative estimate of drug-likeness (QED) is 0.588. The predicted octanol–water partition coefficient (Wildman–Crippen LogP) is 0.118. The first kappa shape index (κ1) is 17.9. The topological polar surface area (TPSA) is 125 Å². The van der Waals surface area contributed by atoms with E-state index in [1.807, 2.05) is 0 Å². The van der Waals surface area contributed by atoms with Crippen molar-refractivity contribution in [1.82, 2.24) is 0 Å². The minimum Gasteiger partial charge on any atom is -0.460 e. The molecule has 0 amide bonds. The smallest absolute Gasteiger partial charge is 0.342 e. The normalized spacial score (nSPS) is 22.3. The van der Waals surface area contributed by atoms with E-state index in [9.17, 15) is 24.3 Å². The molecule has 9 heteroatoms. The van der Waals surface area contributed by atoms with Crippen LogP contribution in [0.25, 0.3) is 0 Å². The minimum atomic E-state index is -1.72. The lowest BCUT2D eigenvalue weighted by molar-refractivity contribution is -0.238. The number of cyclic esters (lactones) is 3. The van der Waals surface area contributed by atoms with E-state index in [2.05, 4.69) is 0 Å². The summed E-state index contributed by atoms with van der Waals surface area (Å²) in [5.74, 6) is -6.69. The average molecular weight is 364 g/mol. The monoisotopic (exact) mass is 364 g/mol. The molecule has 0 radical (unpaired) electrons. The number of Topliss-reactive ketones (excluding diaryl/α,β-unsaturated/α-hetero) is 1. The number of aliphatic hydroxyl groups is 1. The molecule has 1 aromatic rings. The number of carbonyl (C=O) groups excluding carboxylic acids is 4. The summed E-state index contributed by atoms with van der Waals surface area (Å²) in [7, 11) is 0. The van der Waals surface area contributed by atoms with Crippen molar-refractivity contribution in [2.75, 3.05) is 6.61 Å². The van der Waals surface area contributed by atoms with Gasteiger partial charge in [-0.1, -0.05) is 12.1 Å². The maximum atomic E-state index is 12.5. The molecular formula is C17H16O9. The van der Waals surface area contributed by atoms with E-state index in [1.54, 1.807) is 0 Å². The van der Waals surface area contributed by atoms with Crippen LogP contribution in [0.3, 0.4) is 0 Å². The molecule has 9 nitrogen and oxygen atoms in total. The third kappa shape index (κ3) is 3.38. The summed E-state index contributed by atoms with van der Waals surface area (Å²) < 4.78 is 20.0. The highest BCUT2D eigenvalue weighted by molar-refractivity contribution is 6.16. The second kappa shape index (κ2) is 6.41. The number of hydrogen-bond donors (Lipinski definition) is 1. The number of fused-ring (bicyclic) bond motifs is 1. The predicted molar refractivity (Wildman–Crippen MR) is 81.8 cm³/mol. The van der Waals surface area contributed by atoms with Gasteiger partial charge in [0.1, 0.15) is 11.3 Å². The standard InChI is InChI=1S/C17H16O9/c1-17(2)25-15(21)12(16(22)26-17)10(18)6-8-4-3-5-9-13(8)24-11(19)7-23-14(9)20/h3-5,11-12,19H,6-7H2,1-2H3. The largest absolute Gasteiger partial charge is 0.460 e. The van der Waals surface area contributed by atoms with Crippen molar-refractivity contribution < 1.29 is 43.2 Å². The molecule has 0 bridgehead atoms. The molecule has 1 unspecified atom stereocenters. The number of para-hydroxylation sites is 1. The lowest BCUT2D eigenvalue weighted by atomic mass is 9.95. The Bertz CT molecular complexity index is 775. The van der Waals surface area contributed by atoms with Gasteiger partial charge in [0.25, 0.3) is 5.79 Å². The number of hydrogen-bond acceptors (Lipinski definition) is 9. The van der Waals surface area contributed by atoms with Crippen LogP contribution in [0.4, 0.5) is 0 Å². The Hall–Kier alpha value is -2.94. The van der Waals surface area contributed by atoms with Crippen LogP contribution in [-0.4, -0.2) is 47.5 Å². The zero-order valence-corrected chi connectivity index (χ0v) is 14.0. The minimum absolute atomic E-state index is 0.0294. The van der Waals surface area contributed by atoms with Crippen LogP contribution >= 0.6 is 0 Å². The van der Waals surface area contributed by atoms with E-state index in [0.29, 0.717) is 0 Å². The number of esters is 3. The number of ketones is 1. The molecule has 1 N–H and O–H groups in total. The van der Waals surface area contributed by atoms with Gasteiger partial charge >= 0.3 is 17.9 Å². The molecule has 0 aliphatic carbocycles. The number of rotatable bonds is 3. The summed E-state index contributed by atoms with van der Waals surface area (Å²) in [6.45, 7) is 2.39. The van der Waals surface area contributed by atoms with Crippen LogP contribution in [0.2, 0.25) is 0 Å². The Morgan fingerprint density at radius 3 is 2.50 bits per heavy atom. The van der Waals surface area contributed by atoms with Gasteiger partial charge in [0.05, 0.1) is 0 Å². The first-order valence-electron chi connectivity index (χ1n) is 7.80. The summed E-state index contributed by atoms with van der Waals surface area (Å²) in [4.78, 5) is 48.4. The highest BCUT2D eigenvalue weighted by atomic mass is 16.7. The number of benzene rings is 1. The summed E-state index contributed by atoms with van der Waals surface area (Å²) in [6, 6.07) is 4.38. The van der Waals surface area contributed by atoms with Crippen molar-refractivity contribution in [1.29, 1.82) is 0 Å². The number of aliphatic hydroxyl groups excluding tert-OH is 1. The third-order valence-electron chi connectivity index (χ3n) is 3.78. The van der Waals surface area contributed by atoms with E-state index in [0.717, 1.165) is 0 Å². The van der Waals surface area contributed by atoms with Gasteiger partial charge in [-0.3, -0.25) is 14.4 Å². The maximum absolute atomic E-state index is 12.5. The Labute approximate surface area is 147 Å². The Kier molecular flexibility index (Phi) is 4.41. The molecule has 0 saturated carbocycles. The second-order valence-electron chi connectivity index (χ2n) is 6.28. The lowest BCUT2D eigenvalue weighted by Crippen LogP contribution is -2.49. The van der Waals surface area contributed by atoms with Crippen molar-refractivity contribution in [3.8, 4) is 5.75 Å². The van der Waals surface area contributed by atoms with Crippen LogP contribution < -0.4 is 4.74 Å². The molecule has 1 aromatic carbocycles. The summed E-state index contributed by atoms with van der Waals surface area (Å²) in [5, 5.41) is 9.67. The van der Waals surface area contributed by atoms with Crippen LogP contribution in [0.5, 0.6) is 5.75 Å². The van der Waals surface area contributed by atoms with E-state index < -0.39 is 48.1 Å². The van der Waals surface area contributed by atoms with Gasteiger partial charge in [-0.05, 0) is 6.07 Å². The van der Waals surface area contributed by atoms with Crippen LogP contribution in [0.1, 0.15) is 29.8 Å². The summed E-state index contributed by atoms with van der Waals surface area (Å²) in [5.41, 5.74) is 0.248.